The molecule has 2 rings (SSSR count). The molecule has 0 bridgehead atoms. The Morgan fingerprint density at radius 3 is 2.62 bits per heavy atom. The van der Waals surface area contributed by atoms with Crippen LogP contribution in [0.15, 0.2) is 24.3 Å². The zero-order valence-corrected chi connectivity index (χ0v) is 12.6. The SMILES string of the molecule is COc1ccc(/C=C/C(=O)NC2CCCCCC2)cc1N. The summed E-state index contributed by atoms with van der Waals surface area (Å²) in [5.41, 5.74) is 7.31. The molecule has 3 N–H and O–H groups in total. The van der Waals surface area contributed by atoms with Gasteiger partial charge < -0.3 is 15.8 Å². The van der Waals surface area contributed by atoms with Gasteiger partial charge in [-0.1, -0.05) is 31.7 Å². The minimum atomic E-state index is -0.0312. The van der Waals surface area contributed by atoms with Gasteiger partial charge in [-0.3, -0.25) is 4.79 Å². The first-order valence-corrected chi connectivity index (χ1v) is 7.61. The first kappa shape index (κ1) is 15.4. The Hall–Kier alpha value is -1.97. The van der Waals surface area contributed by atoms with Crippen molar-refractivity contribution >= 4 is 17.7 Å². The van der Waals surface area contributed by atoms with Gasteiger partial charge in [0.15, 0.2) is 0 Å². The minimum Gasteiger partial charge on any atom is -0.495 e. The van der Waals surface area contributed by atoms with E-state index in [-0.39, 0.29) is 5.91 Å². The van der Waals surface area contributed by atoms with Crippen LogP contribution >= 0.6 is 0 Å². The van der Waals surface area contributed by atoms with Crippen LogP contribution < -0.4 is 15.8 Å². The molecular weight excluding hydrogens is 264 g/mol. The molecule has 1 saturated carbocycles. The number of hydrogen-bond donors (Lipinski definition) is 2. The molecule has 1 aromatic carbocycles. The highest BCUT2D eigenvalue weighted by atomic mass is 16.5. The van der Waals surface area contributed by atoms with Gasteiger partial charge in [0, 0.05) is 12.1 Å². The number of carbonyl (C=O) groups excluding carboxylic acids is 1. The lowest BCUT2D eigenvalue weighted by Gasteiger charge is -2.14. The highest BCUT2D eigenvalue weighted by Crippen LogP contribution is 2.22. The molecule has 21 heavy (non-hydrogen) atoms. The number of anilines is 1. The third-order valence-corrected chi connectivity index (χ3v) is 3.88. The monoisotopic (exact) mass is 288 g/mol. The lowest BCUT2D eigenvalue weighted by atomic mass is 10.1. The van der Waals surface area contributed by atoms with E-state index in [1.807, 2.05) is 6.07 Å². The Balaban J connectivity index is 1.90. The van der Waals surface area contributed by atoms with Gasteiger partial charge in [-0.15, -0.1) is 0 Å². The fourth-order valence-electron chi connectivity index (χ4n) is 2.70. The smallest absolute Gasteiger partial charge is 0.244 e. The van der Waals surface area contributed by atoms with E-state index in [0.29, 0.717) is 17.5 Å². The zero-order chi connectivity index (χ0) is 15.1. The maximum absolute atomic E-state index is 12.0. The van der Waals surface area contributed by atoms with Crippen molar-refractivity contribution in [3.63, 3.8) is 0 Å². The van der Waals surface area contributed by atoms with Crippen molar-refractivity contribution in [2.45, 2.75) is 44.6 Å². The van der Waals surface area contributed by atoms with E-state index in [4.69, 9.17) is 10.5 Å². The van der Waals surface area contributed by atoms with Crippen molar-refractivity contribution in [2.75, 3.05) is 12.8 Å². The van der Waals surface area contributed by atoms with Gasteiger partial charge in [0.05, 0.1) is 12.8 Å². The predicted octanol–water partition coefficient (Wildman–Crippen LogP) is 3.13. The second kappa shape index (κ2) is 7.72. The van der Waals surface area contributed by atoms with Crippen LogP contribution in [0.2, 0.25) is 0 Å². The normalized spacial score (nSPS) is 16.6. The summed E-state index contributed by atoms with van der Waals surface area (Å²) in [5, 5.41) is 3.08. The Labute approximate surface area is 126 Å². The molecule has 0 heterocycles. The molecule has 1 aliphatic carbocycles. The highest BCUT2D eigenvalue weighted by Gasteiger charge is 2.13. The van der Waals surface area contributed by atoms with Crippen molar-refractivity contribution in [3.8, 4) is 5.75 Å². The molecule has 0 aromatic heterocycles. The maximum atomic E-state index is 12.0. The fourth-order valence-corrected chi connectivity index (χ4v) is 2.70. The van der Waals surface area contributed by atoms with Gasteiger partial charge in [-0.2, -0.15) is 0 Å². The largest absolute Gasteiger partial charge is 0.495 e. The van der Waals surface area contributed by atoms with E-state index >= 15 is 0 Å². The molecule has 1 aromatic rings. The van der Waals surface area contributed by atoms with E-state index in [1.165, 1.54) is 25.7 Å². The zero-order valence-electron chi connectivity index (χ0n) is 12.6. The van der Waals surface area contributed by atoms with Crippen molar-refractivity contribution in [1.82, 2.24) is 5.32 Å². The van der Waals surface area contributed by atoms with Crippen LogP contribution in [0.1, 0.15) is 44.1 Å². The van der Waals surface area contributed by atoms with Crippen LogP contribution in [0.4, 0.5) is 5.69 Å². The van der Waals surface area contributed by atoms with Crippen LogP contribution in [0.3, 0.4) is 0 Å². The molecular formula is C17H24N2O2. The highest BCUT2D eigenvalue weighted by molar-refractivity contribution is 5.92. The number of rotatable bonds is 4. The summed E-state index contributed by atoms with van der Waals surface area (Å²) in [6.07, 6.45) is 10.5. The molecule has 0 unspecified atom stereocenters. The average Bonchev–Trinajstić information content (AvgIpc) is 2.74. The summed E-state index contributed by atoms with van der Waals surface area (Å²) in [6.45, 7) is 0. The number of nitrogens with one attached hydrogen (secondary N) is 1. The molecule has 1 aliphatic rings. The lowest BCUT2D eigenvalue weighted by Crippen LogP contribution is -2.33. The predicted molar refractivity (Wildman–Crippen MR) is 86.1 cm³/mol. The van der Waals surface area contributed by atoms with Gasteiger partial charge in [0.1, 0.15) is 5.75 Å². The Bertz CT molecular complexity index is 504. The molecule has 1 amide bonds. The summed E-state index contributed by atoms with van der Waals surface area (Å²) >= 11 is 0. The Kier molecular flexibility index (Phi) is 5.67. The van der Waals surface area contributed by atoms with Crippen LogP contribution in [-0.2, 0) is 4.79 Å². The van der Waals surface area contributed by atoms with Crippen molar-refractivity contribution in [3.05, 3.63) is 29.8 Å². The summed E-state index contributed by atoms with van der Waals surface area (Å²) in [5.74, 6) is 0.617. The van der Waals surface area contributed by atoms with Crippen LogP contribution in [0.25, 0.3) is 6.08 Å². The van der Waals surface area contributed by atoms with Crippen molar-refractivity contribution in [1.29, 1.82) is 0 Å². The van der Waals surface area contributed by atoms with Gasteiger partial charge in [-0.25, -0.2) is 0 Å². The lowest BCUT2D eigenvalue weighted by molar-refractivity contribution is -0.117. The van der Waals surface area contributed by atoms with Gasteiger partial charge >= 0.3 is 0 Å². The number of amides is 1. The minimum absolute atomic E-state index is 0.0312. The van der Waals surface area contributed by atoms with Gasteiger partial charge in [-0.05, 0) is 36.6 Å². The molecule has 0 saturated heterocycles. The van der Waals surface area contributed by atoms with E-state index < -0.39 is 0 Å². The number of hydrogen-bond acceptors (Lipinski definition) is 3. The summed E-state index contributed by atoms with van der Waals surface area (Å²) in [7, 11) is 1.58. The molecule has 4 nitrogen and oxygen atoms in total. The number of benzene rings is 1. The summed E-state index contributed by atoms with van der Waals surface area (Å²) in [6, 6.07) is 5.81. The summed E-state index contributed by atoms with van der Waals surface area (Å²) < 4.78 is 5.11. The molecule has 0 atom stereocenters. The number of nitrogen functional groups attached to an aromatic ring is 1. The molecule has 0 radical (unpaired) electrons. The third-order valence-electron chi connectivity index (χ3n) is 3.88. The number of carbonyl (C=O) groups is 1. The number of ether oxygens (including phenoxy) is 1. The number of methoxy groups -OCH3 is 1. The third kappa shape index (κ3) is 4.81. The Morgan fingerprint density at radius 1 is 1.29 bits per heavy atom. The first-order chi connectivity index (χ1) is 10.2. The van der Waals surface area contributed by atoms with E-state index in [1.54, 1.807) is 31.4 Å². The Morgan fingerprint density at radius 2 is 2.00 bits per heavy atom. The van der Waals surface area contributed by atoms with Gasteiger partial charge in [0.25, 0.3) is 0 Å². The number of nitrogens with two attached hydrogens (primary N) is 1. The second-order valence-electron chi connectivity index (χ2n) is 5.53. The van der Waals surface area contributed by atoms with E-state index in [9.17, 15) is 4.79 Å². The quantitative estimate of drug-likeness (QED) is 0.508. The molecule has 0 aliphatic heterocycles. The fraction of sp³-hybridized carbons (Fsp3) is 0.471. The van der Waals surface area contributed by atoms with Gasteiger partial charge in [0.2, 0.25) is 5.91 Å². The summed E-state index contributed by atoms with van der Waals surface area (Å²) in [4.78, 5) is 12.0. The first-order valence-electron chi connectivity index (χ1n) is 7.61. The molecule has 4 heteroatoms. The van der Waals surface area contributed by atoms with Crippen LogP contribution in [-0.4, -0.2) is 19.1 Å². The molecule has 1 fully saturated rings. The second-order valence-corrected chi connectivity index (χ2v) is 5.53. The van der Waals surface area contributed by atoms with Crippen molar-refractivity contribution in [2.24, 2.45) is 0 Å². The topological polar surface area (TPSA) is 64.3 Å². The average molecular weight is 288 g/mol. The van der Waals surface area contributed by atoms with Crippen LogP contribution in [0.5, 0.6) is 5.75 Å². The van der Waals surface area contributed by atoms with Crippen LogP contribution in [0, 0.1) is 0 Å². The molecule has 114 valence electrons. The van der Waals surface area contributed by atoms with Crippen molar-refractivity contribution < 1.29 is 9.53 Å². The van der Waals surface area contributed by atoms with E-state index in [2.05, 4.69) is 5.32 Å². The maximum Gasteiger partial charge on any atom is 0.244 e. The van der Waals surface area contributed by atoms with E-state index in [0.717, 1.165) is 18.4 Å². The standard InChI is InChI=1S/C17H24N2O2/c1-21-16-10-8-13(12-15(16)18)9-11-17(20)19-14-6-4-2-3-5-7-14/h8-12,14H,2-7,18H2,1H3,(H,19,20)/b11-9+. The molecule has 0 spiro atoms.